The van der Waals surface area contributed by atoms with Gasteiger partial charge < -0.3 is 9.84 Å². The number of aliphatic hydroxyl groups excluding tert-OH is 1. The van der Waals surface area contributed by atoms with E-state index in [2.05, 4.69) is 32.7 Å². The van der Waals surface area contributed by atoms with Gasteiger partial charge in [-0.05, 0) is 30.7 Å². The van der Waals surface area contributed by atoms with Crippen molar-refractivity contribution in [2.24, 2.45) is 16.7 Å². The summed E-state index contributed by atoms with van der Waals surface area (Å²) in [6, 6.07) is 1.90. The van der Waals surface area contributed by atoms with Crippen LogP contribution in [0.2, 0.25) is 0 Å². The van der Waals surface area contributed by atoms with Crippen LogP contribution < -0.4 is 4.74 Å². The van der Waals surface area contributed by atoms with Gasteiger partial charge in [0, 0.05) is 17.7 Å². The van der Waals surface area contributed by atoms with Crippen molar-refractivity contribution in [2.45, 2.75) is 53.8 Å². The number of aliphatic hydroxyl groups is 1. The smallest absolute Gasteiger partial charge is 0.138 e. The fourth-order valence-corrected chi connectivity index (χ4v) is 3.16. The molecule has 1 atom stereocenters. The molecule has 0 spiro atoms. The second kappa shape index (κ2) is 4.48. The van der Waals surface area contributed by atoms with Crippen molar-refractivity contribution < 1.29 is 9.84 Å². The Kier molecular flexibility index (Phi) is 3.38. The zero-order valence-electron chi connectivity index (χ0n) is 12.8. The van der Waals surface area contributed by atoms with Crippen molar-refractivity contribution in [3.8, 4) is 5.75 Å². The quantitative estimate of drug-likeness (QED) is 0.902. The Morgan fingerprint density at radius 1 is 1.16 bits per heavy atom. The first-order valence-corrected chi connectivity index (χ1v) is 6.97. The maximum absolute atomic E-state index is 10.6. The van der Waals surface area contributed by atoms with Crippen molar-refractivity contribution in [3.63, 3.8) is 0 Å². The highest BCUT2D eigenvalue weighted by Gasteiger charge is 2.67. The summed E-state index contributed by atoms with van der Waals surface area (Å²) in [4.78, 5) is 4.18. The summed E-state index contributed by atoms with van der Waals surface area (Å²) in [6.45, 7) is 12.8. The molecule has 1 fully saturated rings. The third kappa shape index (κ3) is 2.36. The van der Waals surface area contributed by atoms with E-state index in [1.54, 1.807) is 12.4 Å². The van der Waals surface area contributed by atoms with E-state index in [0.717, 1.165) is 11.3 Å². The first-order chi connectivity index (χ1) is 8.68. The SMILES string of the molecule is CC(C)Oc1cncc(C(O)C2C(C)(C)C2(C)C)c1. The molecule has 1 saturated carbocycles. The molecule has 106 valence electrons. The minimum atomic E-state index is -0.479. The highest BCUT2D eigenvalue weighted by Crippen LogP contribution is 2.72. The molecule has 1 aromatic rings. The number of hydrogen-bond acceptors (Lipinski definition) is 3. The lowest BCUT2D eigenvalue weighted by Crippen LogP contribution is -2.09. The van der Waals surface area contributed by atoms with Crippen LogP contribution in [0.4, 0.5) is 0 Å². The second-order valence-electron chi connectivity index (χ2n) is 6.99. The lowest BCUT2D eigenvalue weighted by atomic mass is 10.0. The molecule has 0 saturated heterocycles. The Hall–Kier alpha value is -1.09. The highest BCUT2D eigenvalue weighted by molar-refractivity contribution is 5.29. The summed E-state index contributed by atoms with van der Waals surface area (Å²) in [5.41, 5.74) is 1.16. The van der Waals surface area contributed by atoms with Crippen LogP contribution in [0, 0.1) is 16.7 Å². The van der Waals surface area contributed by atoms with Gasteiger partial charge in [-0.2, -0.15) is 0 Å². The zero-order valence-corrected chi connectivity index (χ0v) is 12.8. The lowest BCUT2D eigenvalue weighted by molar-refractivity contribution is 0.129. The van der Waals surface area contributed by atoms with E-state index in [9.17, 15) is 5.11 Å². The third-order valence-corrected chi connectivity index (χ3v) is 4.90. The van der Waals surface area contributed by atoms with Crippen molar-refractivity contribution in [1.82, 2.24) is 4.98 Å². The monoisotopic (exact) mass is 263 g/mol. The predicted octanol–water partition coefficient (Wildman–Crippen LogP) is 3.58. The van der Waals surface area contributed by atoms with E-state index < -0.39 is 6.10 Å². The van der Waals surface area contributed by atoms with Gasteiger partial charge in [-0.1, -0.05) is 27.7 Å². The zero-order chi connectivity index (χ0) is 14.4. The molecule has 1 aromatic heterocycles. The van der Waals surface area contributed by atoms with Crippen LogP contribution in [0.25, 0.3) is 0 Å². The molecule has 19 heavy (non-hydrogen) atoms. The standard InChI is InChI=1S/C16H25NO2/c1-10(2)19-12-7-11(8-17-9-12)13(18)14-15(3,4)16(14,5)6/h7-10,13-14,18H,1-6H3. The maximum atomic E-state index is 10.6. The average molecular weight is 263 g/mol. The normalized spacial score (nSPS) is 22.3. The molecular weight excluding hydrogens is 238 g/mol. The van der Waals surface area contributed by atoms with Gasteiger partial charge in [0.2, 0.25) is 0 Å². The number of nitrogens with zero attached hydrogens (tertiary/aromatic N) is 1. The molecule has 3 nitrogen and oxygen atoms in total. The molecule has 0 bridgehead atoms. The first-order valence-electron chi connectivity index (χ1n) is 6.97. The van der Waals surface area contributed by atoms with Crippen LogP contribution in [-0.2, 0) is 0 Å². The van der Waals surface area contributed by atoms with Crippen molar-refractivity contribution in [1.29, 1.82) is 0 Å². The first kappa shape index (κ1) is 14.3. The van der Waals surface area contributed by atoms with Gasteiger partial charge in [0.15, 0.2) is 0 Å². The third-order valence-electron chi connectivity index (χ3n) is 4.90. The summed E-state index contributed by atoms with van der Waals surface area (Å²) >= 11 is 0. The fourth-order valence-electron chi connectivity index (χ4n) is 3.16. The summed E-state index contributed by atoms with van der Waals surface area (Å²) in [5.74, 6) is 0.985. The molecule has 0 radical (unpaired) electrons. The topological polar surface area (TPSA) is 42.4 Å². The number of aromatic nitrogens is 1. The van der Waals surface area contributed by atoms with E-state index in [4.69, 9.17) is 4.74 Å². The average Bonchev–Trinajstić information content (AvgIpc) is 2.68. The van der Waals surface area contributed by atoms with Crippen LogP contribution in [0.5, 0.6) is 5.75 Å². The van der Waals surface area contributed by atoms with Gasteiger partial charge in [0.05, 0.1) is 18.4 Å². The molecule has 1 heterocycles. The molecule has 2 rings (SSSR count). The summed E-state index contributed by atoms with van der Waals surface area (Å²) in [5, 5.41) is 10.6. The van der Waals surface area contributed by atoms with Gasteiger partial charge in [-0.25, -0.2) is 0 Å². The van der Waals surface area contributed by atoms with Gasteiger partial charge in [-0.3, -0.25) is 4.98 Å². The number of pyridine rings is 1. The summed E-state index contributed by atoms with van der Waals surface area (Å²) < 4.78 is 5.64. The second-order valence-corrected chi connectivity index (χ2v) is 6.99. The Labute approximate surface area is 116 Å². The van der Waals surface area contributed by atoms with E-state index >= 15 is 0 Å². The van der Waals surface area contributed by atoms with Crippen LogP contribution in [-0.4, -0.2) is 16.2 Å². The van der Waals surface area contributed by atoms with Crippen molar-refractivity contribution in [3.05, 3.63) is 24.0 Å². The van der Waals surface area contributed by atoms with Crippen molar-refractivity contribution in [2.75, 3.05) is 0 Å². The van der Waals surface area contributed by atoms with Crippen LogP contribution >= 0.6 is 0 Å². The van der Waals surface area contributed by atoms with Gasteiger partial charge in [0.25, 0.3) is 0 Å². The summed E-state index contributed by atoms with van der Waals surface area (Å²) in [6.07, 6.45) is 3.07. The molecule has 3 heteroatoms. The van der Waals surface area contributed by atoms with E-state index in [1.165, 1.54) is 0 Å². The Morgan fingerprint density at radius 2 is 1.74 bits per heavy atom. The molecule has 1 unspecified atom stereocenters. The van der Waals surface area contributed by atoms with E-state index in [1.807, 2.05) is 19.9 Å². The molecule has 1 aliphatic rings. The minimum absolute atomic E-state index is 0.114. The largest absolute Gasteiger partial charge is 0.489 e. The highest BCUT2D eigenvalue weighted by atomic mass is 16.5. The number of hydrogen-bond donors (Lipinski definition) is 1. The Balaban J connectivity index is 2.19. The number of ether oxygens (including phenoxy) is 1. The van der Waals surface area contributed by atoms with Crippen LogP contribution in [0.15, 0.2) is 18.5 Å². The predicted molar refractivity (Wildman–Crippen MR) is 76.0 cm³/mol. The Morgan fingerprint density at radius 3 is 2.21 bits per heavy atom. The van der Waals surface area contributed by atoms with Crippen molar-refractivity contribution >= 4 is 0 Å². The van der Waals surface area contributed by atoms with Gasteiger partial charge in [-0.15, -0.1) is 0 Å². The van der Waals surface area contributed by atoms with Gasteiger partial charge in [0.1, 0.15) is 5.75 Å². The molecule has 1 aliphatic carbocycles. The molecular formula is C16H25NO2. The number of rotatable bonds is 4. The lowest BCUT2D eigenvalue weighted by Gasteiger charge is -2.15. The molecule has 0 aromatic carbocycles. The fraction of sp³-hybridized carbons (Fsp3) is 0.688. The van der Waals surface area contributed by atoms with Crippen LogP contribution in [0.1, 0.15) is 53.2 Å². The Bertz CT molecular complexity index is 452. The molecule has 0 amide bonds. The summed E-state index contributed by atoms with van der Waals surface area (Å²) in [7, 11) is 0. The molecule has 1 N–H and O–H groups in total. The van der Waals surface area contributed by atoms with Gasteiger partial charge >= 0.3 is 0 Å². The maximum Gasteiger partial charge on any atom is 0.138 e. The van der Waals surface area contributed by atoms with Crippen LogP contribution in [0.3, 0.4) is 0 Å². The molecule has 0 aliphatic heterocycles. The van der Waals surface area contributed by atoms with E-state index in [0.29, 0.717) is 0 Å². The minimum Gasteiger partial charge on any atom is -0.489 e. The van der Waals surface area contributed by atoms with E-state index in [-0.39, 0.29) is 22.9 Å².